The van der Waals surface area contributed by atoms with Gasteiger partial charge in [0.15, 0.2) is 0 Å². The van der Waals surface area contributed by atoms with Crippen LogP contribution in [0.3, 0.4) is 0 Å². The van der Waals surface area contributed by atoms with Crippen molar-refractivity contribution in [3.8, 4) is 5.75 Å². The fraction of sp³-hybridized carbons (Fsp3) is 0.0769. The first-order valence-corrected chi connectivity index (χ1v) is 6.96. The van der Waals surface area contributed by atoms with E-state index >= 15 is 0 Å². The lowest BCUT2D eigenvalue weighted by atomic mass is 10.2. The third-order valence-corrected chi connectivity index (χ3v) is 3.69. The molecule has 0 spiro atoms. The van der Waals surface area contributed by atoms with Crippen LogP contribution in [0.1, 0.15) is 5.56 Å². The van der Waals surface area contributed by atoms with E-state index in [1.165, 1.54) is 6.07 Å². The molecule has 6 heteroatoms. The van der Waals surface area contributed by atoms with Gasteiger partial charge in [-0.1, -0.05) is 30.3 Å². The van der Waals surface area contributed by atoms with E-state index in [0.717, 1.165) is 5.56 Å². The second-order valence-corrected chi connectivity index (χ2v) is 5.47. The lowest BCUT2D eigenvalue weighted by Gasteiger charge is -2.09. The minimum Gasteiger partial charge on any atom is -0.488 e. The summed E-state index contributed by atoms with van der Waals surface area (Å²) in [5, 5.41) is 10.8. The van der Waals surface area contributed by atoms with E-state index in [1.807, 2.05) is 30.3 Å². The first-order chi connectivity index (χ1) is 9.08. The summed E-state index contributed by atoms with van der Waals surface area (Å²) in [7, 11) is 0. The minimum absolute atomic E-state index is 0.000985. The highest BCUT2D eigenvalue weighted by Gasteiger charge is 2.16. The lowest BCUT2D eigenvalue weighted by molar-refractivity contribution is -0.385. The van der Waals surface area contributed by atoms with Crippen molar-refractivity contribution in [1.82, 2.24) is 0 Å². The zero-order valence-corrected chi connectivity index (χ0v) is 12.8. The molecule has 0 aliphatic rings. The Morgan fingerprint density at radius 2 is 1.79 bits per heavy atom. The summed E-state index contributed by atoms with van der Waals surface area (Å²) in [6, 6.07) is 12.7. The minimum atomic E-state index is -0.449. The molecule has 0 fully saturated rings. The Balaban J connectivity index is 2.17. The molecule has 0 saturated heterocycles. The third-order valence-electron chi connectivity index (χ3n) is 2.44. The van der Waals surface area contributed by atoms with Crippen molar-refractivity contribution in [2.24, 2.45) is 0 Å². The summed E-state index contributed by atoms with van der Waals surface area (Å²) < 4.78 is 6.59. The van der Waals surface area contributed by atoms with Gasteiger partial charge in [-0.3, -0.25) is 10.1 Å². The Hall–Kier alpha value is -1.40. The standard InChI is InChI=1S/C13H9Br2NO3/c14-10-7-13(11(15)6-12(10)16(17)18)19-8-9-4-2-1-3-5-9/h1-7H,8H2. The molecule has 0 aromatic heterocycles. The molecule has 0 atom stereocenters. The van der Waals surface area contributed by atoms with E-state index < -0.39 is 4.92 Å². The Bertz CT molecular complexity index is 602. The molecular formula is C13H9Br2NO3. The van der Waals surface area contributed by atoms with Crippen molar-refractivity contribution in [3.05, 3.63) is 67.1 Å². The molecule has 0 radical (unpaired) electrons. The maximum atomic E-state index is 10.8. The molecule has 0 bridgehead atoms. The van der Waals surface area contributed by atoms with Gasteiger partial charge in [0.05, 0.1) is 13.9 Å². The molecule has 98 valence electrons. The average Bonchev–Trinajstić information content (AvgIpc) is 2.40. The van der Waals surface area contributed by atoms with Crippen molar-refractivity contribution < 1.29 is 9.66 Å². The molecule has 2 aromatic rings. The Kier molecular flexibility index (Phi) is 4.55. The van der Waals surface area contributed by atoms with Gasteiger partial charge in [0.1, 0.15) is 12.4 Å². The zero-order valence-electron chi connectivity index (χ0n) is 9.68. The van der Waals surface area contributed by atoms with Crippen molar-refractivity contribution in [3.63, 3.8) is 0 Å². The molecule has 0 aliphatic carbocycles. The number of rotatable bonds is 4. The highest BCUT2D eigenvalue weighted by Crippen LogP contribution is 2.36. The molecule has 0 aliphatic heterocycles. The van der Waals surface area contributed by atoms with E-state index in [9.17, 15) is 10.1 Å². The van der Waals surface area contributed by atoms with Crippen LogP contribution in [0.15, 0.2) is 51.4 Å². The van der Waals surface area contributed by atoms with Gasteiger partial charge in [-0.15, -0.1) is 0 Å². The zero-order chi connectivity index (χ0) is 13.8. The van der Waals surface area contributed by atoms with E-state index in [4.69, 9.17) is 4.74 Å². The van der Waals surface area contributed by atoms with Crippen LogP contribution in [-0.2, 0) is 6.61 Å². The number of nitro benzene ring substituents is 1. The third kappa shape index (κ3) is 3.54. The highest BCUT2D eigenvalue weighted by molar-refractivity contribution is 9.11. The second-order valence-electron chi connectivity index (χ2n) is 3.77. The highest BCUT2D eigenvalue weighted by atomic mass is 79.9. The van der Waals surface area contributed by atoms with Gasteiger partial charge >= 0.3 is 0 Å². The molecule has 19 heavy (non-hydrogen) atoms. The first-order valence-electron chi connectivity index (χ1n) is 5.38. The maximum absolute atomic E-state index is 10.8. The van der Waals surface area contributed by atoms with Crippen LogP contribution in [0.2, 0.25) is 0 Å². The van der Waals surface area contributed by atoms with E-state index in [1.54, 1.807) is 6.07 Å². The van der Waals surface area contributed by atoms with Crippen LogP contribution in [0.5, 0.6) is 5.75 Å². The summed E-state index contributed by atoms with van der Waals surface area (Å²) in [6.45, 7) is 0.406. The number of benzene rings is 2. The molecule has 0 saturated carbocycles. The molecule has 0 unspecified atom stereocenters. The van der Waals surface area contributed by atoms with E-state index in [0.29, 0.717) is 21.3 Å². The van der Waals surface area contributed by atoms with E-state index in [-0.39, 0.29) is 5.69 Å². The predicted octanol–water partition coefficient (Wildman–Crippen LogP) is 4.70. The van der Waals surface area contributed by atoms with Crippen LogP contribution in [0, 0.1) is 10.1 Å². The van der Waals surface area contributed by atoms with Crippen molar-refractivity contribution in [1.29, 1.82) is 0 Å². The van der Waals surface area contributed by atoms with Crippen LogP contribution < -0.4 is 4.74 Å². The Labute approximate surface area is 126 Å². The number of hydrogen-bond donors (Lipinski definition) is 0. The van der Waals surface area contributed by atoms with Gasteiger partial charge in [0.2, 0.25) is 0 Å². The van der Waals surface area contributed by atoms with Crippen LogP contribution >= 0.6 is 31.9 Å². The fourth-order valence-corrected chi connectivity index (χ4v) is 2.42. The number of nitro groups is 1. The predicted molar refractivity (Wildman–Crippen MR) is 79.3 cm³/mol. The van der Waals surface area contributed by atoms with Gasteiger partial charge in [-0.25, -0.2) is 0 Å². The van der Waals surface area contributed by atoms with Gasteiger partial charge < -0.3 is 4.74 Å². The summed E-state index contributed by atoms with van der Waals surface area (Å²) in [6.07, 6.45) is 0. The molecular weight excluding hydrogens is 378 g/mol. The fourth-order valence-electron chi connectivity index (χ4n) is 1.50. The molecule has 2 aromatic carbocycles. The Morgan fingerprint density at radius 3 is 2.42 bits per heavy atom. The lowest BCUT2D eigenvalue weighted by Crippen LogP contribution is -1.97. The van der Waals surface area contributed by atoms with Gasteiger partial charge in [-0.2, -0.15) is 0 Å². The topological polar surface area (TPSA) is 52.4 Å². The summed E-state index contributed by atoms with van der Waals surface area (Å²) in [5.41, 5.74) is 1.03. The molecule has 0 amide bonds. The number of ether oxygens (including phenoxy) is 1. The maximum Gasteiger partial charge on any atom is 0.284 e. The first kappa shape index (κ1) is 14.0. The molecule has 0 N–H and O–H groups in total. The monoisotopic (exact) mass is 385 g/mol. The quantitative estimate of drug-likeness (QED) is 0.565. The second kappa shape index (κ2) is 6.16. The smallest absolute Gasteiger partial charge is 0.284 e. The Morgan fingerprint density at radius 1 is 1.11 bits per heavy atom. The van der Waals surface area contributed by atoms with Gasteiger partial charge in [0, 0.05) is 12.1 Å². The summed E-state index contributed by atoms with van der Waals surface area (Å²) in [4.78, 5) is 10.3. The van der Waals surface area contributed by atoms with E-state index in [2.05, 4.69) is 31.9 Å². The summed E-state index contributed by atoms with van der Waals surface area (Å²) in [5.74, 6) is 0.557. The van der Waals surface area contributed by atoms with Crippen molar-refractivity contribution in [2.45, 2.75) is 6.61 Å². The van der Waals surface area contributed by atoms with Crippen LogP contribution in [0.25, 0.3) is 0 Å². The average molecular weight is 387 g/mol. The van der Waals surface area contributed by atoms with Crippen LogP contribution in [-0.4, -0.2) is 4.92 Å². The van der Waals surface area contributed by atoms with Gasteiger partial charge in [0.25, 0.3) is 5.69 Å². The molecule has 2 rings (SSSR count). The largest absolute Gasteiger partial charge is 0.488 e. The molecule has 4 nitrogen and oxygen atoms in total. The van der Waals surface area contributed by atoms with Crippen molar-refractivity contribution >= 4 is 37.5 Å². The number of nitrogens with zero attached hydrogens (tertiary/aromatic N) is 1. The molecule has 0 heterocycles. The van der Waals surface area contributed by atoms with Crippen LogP contribution in [0.4, 0.5) is 5.69 Å². The number of halogens is 2. The normalized spacial score (nSPS) is 10.2. The SMILES string of the molecule is O=[N+]([O-])c1cc(Br)c(OCc2ccccc2)cc1Br. The van der Waals surface area contributed by atoms with Gasteiger partial charge in [-0.05, 0) is 37.4 Å². The van der Waals surface area contributed by atoms with Crippen molar-refractivity contribution in [2.75, 3.05) is 0 Å². The summed E-state index contributed by atoms with van der Waals surface area (Å²) >= 11 is 6.44. The number of hydrogen-bond acceptors (Lipinski definition) is 3.